The molecule has 0 radical (unpaired) electrons. The number of nitrogens with zero attached hydrogens (tertiary/aromatic N) is 4. The first-order valence-corrected chi connectivity index (χ1v) is 8.71. The Balaban J connectivity index is 1.77. The molecule has 0 N–H and O–H groups in total. The normalized spacial score (nSPS) is 13.0. The lowest BCUT2D eigenvalue weighted by Crippen LogP contribution is -2.30. The summed E-state index contributed by atoms with van der Waals surface area (Å²) in [6.07, 6.45) is 6.32. The van der Waals surface area contributed by atoms with Crippen molar-refractivity contribution in [3.63, 3.8) is 0 Å². The van der Waals surface area contributed by atoms with Crippen molar-refractivity contribution >= 4 is 17.5 Å². The van der Waals surface area contributed by atoms with Crippen LogP contribution in [0.25, 0.3) is 0 Å². The summed E-state index contributed by atoms with van der Waals surface area (Å²) >= 11 is 0. The van der Waals surface area contributed by atoms with Crippen LogP contribution in [0.4, 0.5) is 11.6 Å². The van der Waals surface area contributed by atoms with Gasteiger partial charge in [0, 0.05) is 37.7 Å². The van der Waals surface area contributed by atoms with E-state index < -0.39 is 0 Å². The fraction of sp³-hybridized carbons (Fsp3) is 0.421. The van der Waals surface area contributed by atoms with Gasteiger partial charge in [-0.05, 0) is 30.9 Å². The van der Waals surface area contributed by atoms with Crippen LogP contribution in [0, 0.1) is 0 Å². The Morgan fingerprint density at radius 3 is 2.46 bits per heavy atom. The number of para-hydroxylation sites is 1. The lowest BCUT2D eigenvalue weighted by molar-refractivity contribution is 0.0988. The van der Waals surface area contributed by atoms with Gasteiger partial charge in [-0.25, -0.2) is 9.97 Å². The molecule has 1 amide bonds. The molecule has 1 aromatic carbocycles. The van der Waals surface area contributed by atoms with Gasteiger partial charge in [-0.15, -0.1) is 0 Å². The molecule has 1 aromatic heterocycles. The number of anilines is 2. The summed E-state index contributed by atoms with van der Waals surface area (Å²) in [5.41, 5.74) is 2.77. The minimum absolute atomic E-state index is 0.0240. The van der Waals surface area contributed by atoms with Gasteiger partial charge in [0.1, 0.15) is 0 Å². The Morgan fingerprint density at radius 1 is 1.12 bits per heavy atom. The predicted molar refractivity (Wildman–Crippen MR) is 96.6 cm³/mol. The zero-order valence-corrected chi connectivity index (χ0v) is 14.4. The van der Waals surface area contributed by atoms with E-state index in [1.165, 1.54) is 5.56 Å². The van der Waals surface area contributed by atoms with Gasteiger partial charge in [0.2, 0.25) is 5.95 Å². The number of hydrogen-bond acceptors (Lipinski definition) is 4. The van der Waals surface area contributed by atoms with Crippen LogP contribution in [-0.2, 0) is 6.42 Å². The molecule has 0 unspecified atom stereocenters. The van der Waals surface area contributed by atoms with E-state index in [1.54, 1.807) is 12.4 Å². The van der Waals surface area contributed by atoms with Crippen molar-refractivity contribution in [1.29, 1.82) is 0 Å². The molecule has 0 bridgehead atoms. The largest absolute Gasteiger partial charge is 0.341 e. The summed E-state index contributed by atoms with van der Waals surface area (Å²) in [5, 5.41) is 0. The monoisotopic (exact) mass is 324 g/mol. The highest BCUT2D eigenvalue weighted by atomic mass is 16.2. The van der Waals surface area contributed by atoms with Gasteiger partial charge in [-0.2, -0.15) is 0 Å². The topological polar surface area (TPSA) is 49.3 Å². The van der Waals surface area contributed by atoms with Crippen molar-refractivity contribution in [2.75, 3.05) is 29.4 Å². The second-order valence-corrected chi connectivity index (χ2v) is 6.09. The van der Waals surface area contributed by atoms with Gasteiger partial charge in [-0.3, -0.25) is 4.79 Å². The summed E-state index contributed by atoms with van der Waals surface area (Å²) < 4.78 is 0. The number of carbonyl (C=O) groups is 1. The van der Waals surface area contributed by atoms with E-state index in [0.717, 1.165) is 44.6 Å². The van der Waals surface area contributed by atoms with Crippen molar-refractivity contribution in [1.82, 2.24) is 9.97 Å². The van der Waals surface area contributed by atoms with Crippen LogP contribution in [0.5, 0.6) is 0 Å². The Hall–Kier alpha value is -2.43. The quantitative estimate of drug-likeness (QED) is 0.818. The van der Waals surface area contributed by atoms with Crippen LogP contribution in [0.15, 0.2) is 36.7 Å². The first kappa shape index (κ1) is 16.4. The summed E-state index contributed by atoms with van der Waals surface area (Å²) in [6.45, 7) is 6.87. The minimum atomic E-state index is -0.0240. The smallest absolute Gasteiger partial charge is 0.261 e. The Kier molecular flexibility index (Phi) is 5.08. The summed E-state index contributed by atoms with van der Waals surface area (Å²) in [6, 6.07) is 8.06. The fourth-order valence-electron chi connectivity index (χ4n) is 3.15. The van der Waals surface area contributed by atoms with Crippen molar-refractivity contribution in [2.45, 2.75) is 33.1 Å². The highest BCUT2D eigenvalue weighted by Crippen LogP contribution is 2.28. The van der Waals surface area contributed by atoms with E-state index in [9.17, 15) is 4.79 Å². The van der Waals surface area contributed by atoms with Crippen molar-refractivity contribution in [3.8, 4) is 0 Å². The molecule has 2 aromatic rings. The third-order valence-corrected chi connectivity index (χ3v) is 4.29. The molecule has 3 rings (SSSR count). The molecule has 0 saturated carbocycles. The number of amides is 1. The van der Waals surface area contributed by atoms with Gasteiger partial charge in [0.15, 0.2) is 0 Å². The maximum Gasteiger partial charge on any atom is 0.261 e. The Morgan fingerprint density at radius 2 is 1.79 bits per heavy atom. The highest BCUT2D eigenvalue weighted by molar-refractivity contribution is 6.06. The van der Waals surface area contributed by atoms with E-state index >= 15 is 0 Å². The summed E-state index contributed by atoms with van der Waals surface area (Å²) in [7, 11) is 0. The number of fused-ring (bicyclic) bond motifs is 1. The van der Waals surface area contributed by atoms with E-state index in [4.69, 9.17) is 0 Å². The molecule has 1 aliphatic heterocycles. The Labute approximate surface area is 143 Å². The third-order valence-electron chi connectivity index (χ3n) is 4.29. The molecule has 1 aliphatic rings. The fourth-order valence-corrected chi connectivity index (χ4v) is 3.15. The molecule has 0 aliphatic carbocycles. The maximum absolute atomic E-state index is 12.8. The first-order valence-electron chi connectivity index (χ1n) is 8.71. The number of aromatic nitrogens is 2. The molecule has 2 heterocycles. The van der Waals surface area contributed by atoms with Gasteiger partial charge < -0.3 is 9.80 Å². The van der Waals surface area contributed by atoms with Crippen LogP contribution in [0.3, 0.4) is 0 Å². The number of carbonyl (C=O) groups excluding carboxylic acids is 1. The second-order valence-electron chi connectivity index (χ2n) is 6.09. The molecule has 0 atom stereocenters. The van der Waals surface area contributed by atoms with E-state index in [0.29, 0.717) is 11.5 Å². The molecular formula is C19H24N4O. The molecule has 24 heavy (non-hydrogen) atoms. The van der Waals surface area contributed by atoms with Crippen molar-refractivity contribution < 1.29 is 4.79 Å². The summed E-state index contributed by atoms with van der Waals surface area (Å²) in [5.74, 6) is 0.682. The SMILES string of the molecule is CCCN(CCC)c1ncc(C(=O)N2CCc3ccccc32)cn1. The van der Waals surface area contributed by atoms with Gasteiger partial charge in [0.05, 0.1) is 5.56 Å². The zero-order valence-electron chi connectivity index (χ0n) is 14.4. The average Bonchev–Trinajstić information content (AvgIpc) is 3.05. The van der Waals surface area contributed by atoms with Gasteiger partial charge in [0.25, 0.3) is 5.91 Å². The molecule has 5 nitrogen and oxygen atoms in total. The van der Waals surface area contributed by atoms with Gasteiger partial charge >= 0.3 is 0 Å². The molecule has 5 heteroatoms. The van der Waals surface area contributed by atoms with Crippen molar-refractivity contribution in [2.24, 2.45) is 0 Å². The van der Waals surface area contributed by atoms with Crippen LogP contribution in [-0.4, -0.2) is 35.5 Å². The van der Waals surface area contributed by atoms with Gasteiger partial charge in [-0.1, -0.05) is 32.0 Å². The lowest BCUT2D eigenvalue weighted by atomic mass is 10.2. The van der Waals surface area contributed by atoms with Crippen LogP contribution in [0.2, 0.25) is 0 Å². The Bertz CT molecular complexity index is 693. The number of hydrogen-bond donors (Lipinski definition) is 0. The van der Waals surface area contributed by atoms with Crippen LogP contribution >= 0.6 is 0 Å². The number of benzene rings is 1. The third kappa shape index (κ3) is 3.25. The highest BCUT2D eigenvalue weighted by Gasteiger charge is 2.25. The van der Waals surface area contributed by atoms with E-state index in [1.807, 2.05) is 23.1 Å². The lowest BCUT2D eigenvalue weighted by Gasteiger charge is -2.21. The average molecular weight is 324 g/mol. The maximum atomic E-state index is 12.8. The predicted octanol–water partition coefficient (Wildman–Crippen LogP) is 3.31. The molecular weight excluding hydrogens is 300 g/mol. The number of rotatable bonds is 6. The molecule has 0 saturated heterocycles. The summed E-state index contributed by atoms with van der Waals surface area (Å²) in [4.78, 5) is 25.6. The van der Waals surface area contributed by atoms with Crippen LogP contribution in [0.1, 0.15) is 42.6 Å². The molecule has 0 fully saturated rings. The first-order chi connectivity index (χ1) is 11.7. The van der Waals surface area contributed by atoms with E-state index in [-0.39, 0.29) is 5.91 Å². The zero-order chi connectivity index (χ0) is 16.9. The van der Waals surface area contributed by atoms with Crippen molar-refractivity contribution in [3.05, 3.63) is 47.8 Å². The van der Waals surface area contributed by atoms with E-state index in [2.05, 4.69) is 34.8 Å². The second kappa shape index (κ2) is 7.43. The standard InChI is InChI=1S/C19H24N4O/c1-3-10-22(11-4-2)19-20-13-16(14-21-19)18(24)23-12-9-15-7-5-6-8-17(15)23/h5-8,13-14H,3-4,9-12H2,1-2H3. The minimum Gasteiger partial charge on any atom is -0.341 e. The van der Waals surface area contributed by atoms with Crippen LogP contribution < -0.4 is 9.80 Å². The molecule has 126 valence electrons. The molecule has 0 spiro atoms.